The van der Waals surface area contributed by atoms with E-state index in [4.69, 9.17) is 14.2 Å². The maximum Gasteiger partial charge on any atom is 0.309 e. The predicted octanol–water partition coefficient (Wildman–Crippen LogP) is 3.28. The molecule has 3 aliphatic rings. The van der Waals surface area contributed by atoms with E-state index < -0.39 is 0 Å². The molecule has 0 radical (unpaired) electrons. The fourth-order valence-electron chi connectivity index (χ4n) is 3.52. The Morgan fingerprint density at radius 1 is 1.27 bits per heavy atom. The summed E-state index contributed by atoms with van der Waals surface area (Å²) in [5, 5.41) is 3.88. The third-order valence-corrected chi connectivity index (χ3v) is 5.59. The van der Waals surface area contributed by atoms with Crippen molar-refractivity contribution in [2.24, 2.45) is 23.2 Å². The highest BCUT2D eigenvalue weighted by Crippen LogP contribution is 2.44. The summed E-state index contributed by atoms with van der Waals surface area (Å²) in [5.74, 6) is 2.54. The van der Waals surface area contributed by atoms with Crippen molar-refractivity contribution in [3.8, 4) is 11.5 Å². The van der Waals surface area contributed by atoms with Gasteiger partial charge in [-0.05, 0) is 31.6 Å². The van der Waals surface area contributed by atoms with Crippen LogP contribution >= 0.6 is 11.3 Å². The molecule has 1 aromatic heterocycles. The summed E-state index contributed by atoms with van der Waals surface area (Å²) < 4.78 is 17.2. The molecule has 2 aliphatic carbocycles. The van der Waals surface area contributed by atoms with Gasteiger partial charge < -0.3 is 14.2 Å². The van der Waals surface area contributed by atoms with Crippen molar-refractivity contribution < 1.29 is 19.0 Å². The number of carbonyl (C=O) groups excluding carboxylic acids is 1. The van der Waals surface area contributed by atoms with Crippen LogP contribution in [0.1, 0.15) is 19.8 Å². The zero-order chi connectivity index (χ0) is 15.2. The van der Waals surface area contributed by atoms with E-state index in [0.717, 1.165) is 24.3 Å². The Hall–Kier alpha value is -1.49. The van der Waals surface area contributed by atoms with Crippen molar-refractivity contribution in [1.29, 1.82) is 0 Å². The van der Waals surface area contributed by atoms with Crippen molar-refractivity contribution in [2.45, 2.75) is 19.8 Å². The minimum absolute atomic E-state index is 0.0485. The highest BCUT2D eigenvalue weighted by atomic mass is 32.1. The van der Waals surface area contributed by atoms with Crippen LogP contribution in [0.2, 0.25) is 0 Å². The summed E-state index contributed by atoms with van der Waals surface area (Å²) in [4.78, 5) is 12.3. The largest absolute Gasteiger partial charge is 0.488 e. The van der Waals surface area contributed by atoms with Gasteiger partial charge in [-0.2, -0.15) is 0 Å². The Labute approximate surface area is 134 Å². The monoisotopic (exact) mass is 320 g/mol. The Bertz CT molecular complexity index is 583. The average Bonchev–Trinajstić information content (AvgIpc) is 3.23. The highest BCUT2D eigenvalue weighted by molar-refractivity contribution is 7.08. The minimum atomic E-state index is -0.306. The lowest BCUT2D eigenvalue weighted by molar-refractivity contribution is -0.154. The van der Waals surface area contributed by atoms with Crippen LogP contribution in [-0.4, -0.2) is 25.8 Å². The van der Waals surface area contributed by atoms with Gasteiger partial charge in [-0.3, -0.25) is 4.79 Å². The van der Waals surface area contributed by atoms with Gasteiger partial charge in [-0.1, -0.05) is 12.2 Å². The molecule has 0 saturated heterocycles. The highest BCUT2D eigenvalue weighted by Gasteiger charge is 2.41. The second-order valence-electron chi connectivity index (χ2n) is 6.98. The molecule has 5 heteroatoms. The molecule has 0 aromatic carbocycles. The maximum atomic E-state index is 12.3. The van der Waals surface area contributed by atoms with E-state index in [1.807, 2.05) is 17.7 Å². The third kappa shape index (κ3) is 2.51. The number of hydrogen-bond acceptors (Lipinski definition) is 5. The zero-order valence-electron chi connectivity index (χ0n) is 12.6. The average molecular weight is 320 g/mol. The van der Waals surface area contributed by atoms with E-state index in [1.54, 1.807) is 11.3 Å². The first-order valence-electron chi connectivity index (χ1n) is 7.80. The predicted molar refractivity (Wildman–Crippen MR) is 83.2 cm³/mol. The van der Waals surface area contributed by atoms with Gasteiger partial charge in [-0.25, -0.2) is 0 Å². The fourth-order valence-corrected chi connectivity index (χ4v) is 4.20. The zero-order valence-corrected chi connectivity index (χ0v) is 13.4. The Morgan fingerprint density at radius 3 is 2.59 bits per heavy atom. The number of ether oxygens (including phenoxy) is 3. The summed E-state index contributed by atoms with van der Waals surface area (Å²) in [7, 11) is 0. The van der Waals surface area contributed by atoms with Crippen LogP contribution in [0.25, 0.3) is 0 Å². The number of carbonyl (C=O) groups is 1. The molecule has 3 atom stereocenters. The molecule has 1 aromatic rings. The van der Waals surface area contributed by atoms with Crippen molar-refractivity contribution >= 4 is 17.3 Å². The number of allylic oxidation sites excluding steroid dienone is 2. The van der Waals surface area contributed by atoms with Crippen molar-refractivity contribution in [2.75, 3.05) is 19.8 Å². The van der Waals surface area contributed by atoms with Crippen LogP contribution in [0.4, 0.5) is 0 Å². The standard InChI is InChI=1S/C17H20O4S/c1-17(8-19-14-6-22-7-15(14)20-9-17)10-21-16(18)13-5-11-2-3-12(13)4-11/h2-3,6-7,11-13H,4-5,8-10H2,1H3. The normalized spacial score (nSPS) is 31.0. The van der Waals surface area contributed by atoms with Crippen LogP contribution in [0.5, 0.6) is 11.5 Å². The van der Waals surface area contributed by atoms with Gasteiger partial charge in [0.25, 0.3) is 0 Å². The molecule has 0 amide bonds. The number of fused-ring (bicyclic) bond motifs is 3. The first kappa shape index (κ1) is 14.1. The third-order valence-electron chi connectivity index (χ3n) is 4.89. The van der Waals surface area contributed by atoms with Gasteiger partial charge in [0.15, 0.2) is 11.5 Å². The molecule has 2 heterocycles. The molecular weight excluding hydrogens is 300 g/mol. The fraction of sp³-hybridized carbons (Fsp3) is 0.588. The lowest BCUT2D eigenvalue weighted by Crippen LogP contribution is -2.37. The van der Waals surface area contributed by atoms with Crippen molar-refractivity contribution in [3.05, 3.63) is 22.9 Å². The summed E-state index contributed by atoms with van der Waals surface area (Å²) in [6, 6.07) is 0. The van der Waals surface area contributed by atoms with Crippen LogP contribution in [0.3, 0.4) is 0 Å². The van der Waals surface area contributed by atoms with E-state index in [9.17, 15) is 4.79 Å². The van der Waals surface area contributed by atoms with Gasteiger partial charge in [0.2, 0.25) is 0 Å². The molecule has 4 nitrogen and oxygen atoms in total. The first-order valence-corrected chi connectivity index (χ1v) is 8.74. The summed E-state index contributed by atoms with van der Waals surface area (Å²) in [6.45, 7) is 3.38. The molecule has 4 rings (SSSR count). The number of hydrogen-bond donors (Lipinski definition) is 0. The second-order valence-corrected chi connectivity index (χ2v) is 7.73. The smallest absolute Gasteiger partial charge is 0.309 e. The van der Waals surface area contributed by atoms with Crippen LogP contribution in [-0.2, 0) is 9.53 Å². The Morgan fingerprint density at radius 2 is 2.00 bits per heavy atom. The Balaban J connectivity index is 1.34. The summed E-state index contributed by atoms with van der Waals surface area (Å²) >= 11 is 1.56. The molecule has 0 N–H and O–H groups in total. The van der Waals surface area contributed by atoms with Crippen molar-refractivity contribution in [1.82, 2.24) is 0 Å². The lowest BCUT2D eigenvalue weighted by atomic mass is 9.92. The minimum Gasteiger partial charge on any atom is -0.488 e. The molecule has 22 heavy (non-hydrogen) atoms. The first-order chi connectivity index (χ1) is 10.6. The number of rotatable bonds is 3. The number of esters is 1. The summed E-state index contributed by atoms with van der Waals surface area (Å²) in [5.41, 5.74) is -0.306. The van der Waals surface area contributed by atoms with Crippen LogP contribution < -0.4 is 9.47 Å². The van der Waals surface area contributed by atoms with Gasteiger partial charge in [-0.15, -0.1) is 11.3 Å². The van der Waals surface area contributed by atoms with E-state index in [-0.39, 0.29) is 17.3 Å². The maximum absolute atomic E-state index is 12.3. The van der Waals surface area contributed by atoms with Gasteiger partial charge >= 0.3 is 5.97 Å². The molecular formula is C17H20O4S. The quantitative estimate of drug-likeness (QED) is 0.633. The van der Waals surface area contributed by atoms with E-state index >= 15 is 0 Å². The molecule has 118 valence electrons. The Kier molecular flexibility index (Phi) is 3.40. The SMILES string of the molecule is CC1(COC(=O)C2CC3C=CC2C3)COc2cscc2OC1. The molecule has 3 unspecified atom stereocenters. The molecule has 2 bridgehead atoms. The molecule has 1 aliphatic heterocycles. The van der Waals surface area contributed by atoms with E-state index in [2.05, 4.69) is 12.2 Å². The van der Waals surface area contributed by atoms with E-state index in [1.165, 1.54) is 0 Å². The van der Waals surface area contributed by atoms with Crippen LogP contribution in [0.15, 0.2) is 22.9 Å². The van der Waals surface area contributed by atoms with Crippen molar-refractivity contribution in [3.63, 3.8) is 0 Å². The van der Waals surface area contributed by atoms with E-state index in [0.29, 0.717) is 31.7 Å². The summed E-state index contributed by atoms with van der Waals surface area (Å²) in [6.07, 6.45) is 6.47. The van der Waals surface area contributed by atoms with Gasteiger partial charge in [0.1, 0.15) is 19.8 Å². The second kappa shape index (κ2) is 5.30. The molecule has 0 spiro atoms. The van der Waals surface area contributed by atoms with Gasteiger partial charge in [0, 0.05) is 10.8 Å². The van der Waals surface area contributed by atoms with Gasteiger partial charge in [0.05, 0.1) is 11.3 Å². The van der Waals surface area contributed by atoms with Crippen LogP contribution in [0, 0.1) is 23.2 Å². The lowest BCUT2D eigenvalue weighted by Gasteiger charge is -2.27. The topological polar surface area (TPSA) is 44.8 Å². The molecule has 1 fully saturated rings. The number of thiophene rings is 1. The molecule has 1 saturated carbocycles.